The van der Waals surface area contributed by atoms with Crippen LogP contribution in [0.15, 0.2) is 57.7 Å². The van der Waals surface area contributed by atoms with Crippen LogP contribution in [0.25, 0.3) is 22.3 Å². The Labute approximate surface area is 235 Å². The summed E-state index contributed by atoms with van der Waals surface area (Å²) in [5, 5.41) is 80.6. The monoisotopic (exact) mass is 584 g/mol. The average molecular weight is 584 g/mol. The van der Waals surface area contributed by atoms with Gasteiger partial charge in [0, 0.05) is 17.7 Å². The van der Waals surface area contributed by atoms with E-state index >= 15 is 0 Å². The number of hydrogen-bond donors (Lipinski definition) is 8. The van der Waals surface area contributed by atoms with Crippen molar-refractivity contribution in [2.45, 2.75) is 37.6 Å². The third kappa shape index (κ3) is 5.05. The number of ether oxygens (including phenoxy) is 3. The van der Waals surface area contributed by atoms with Gasteiger partial charge in [0.05, 0.1) is 11.7 Å². The van der Waals surface area contributed by atoms with Crippen LogP contribution in [-0.2, 0) is 9.47 Å². The smallest absolute Gasteiger partial charge is 0.338 e. The summed E-state index contributed by atoms with van der Waals surface area (Å²) in [6.07, 6.45) is -8.00. The average Bonchev–Trinajstić information content (AvgIpc) is 2.93. The lowest BCUT2D eigenvalue weighted by Crippen LogP contribution is -2.60. The first-order valence-electron chi connectivity index (χ1n) is 12.3. The second-order valence-corrected chi connectivity index (χ2v) is 9.52. The van der Waals surface area contributed by atoms with Gasteiger partial charge in [0.2, 0.25) is 17.5 Å². The summed E-state index contributed by atoms with van der Waals surface area (Å²) in [4.78, 5) is 26.5. The number of aliphatic hydroxyl groups is 2. The quantitative estimate of drug-likeness (QED) is 0.123. The zero-order valence-corrected chi connectivity index (χ0v) is 21.5. The molecular weight excluding hydrogens is 560 g/mol. The number of phenols is 6. The Morgan fingerprint density at radius 1 is 0.833 bits per heavy atom. The predicted octanol–water partition coefficient (Wildman–Crippen LogP) is 1.76. The number of hydrogen-bond acceptors (Lipinski definition) is 14. The molecular formula is C28H24O14. The molecule has 4 aromatic rings. The molecule has 14 heteroatoms. The van der Waals surface area contributed by atoms with Crippen LogP contribution in [0.1, 0.15) is 17.3 Å². The highest BCUT2D eigenvalue weighted by atomic mass is 16.7. The third-order valence-corrected chi connectivity index (χ3v) is 6.61. The van der Waals surface area contributed by atoms with Crippen LogP contribution in [0.2, 0.25) is 0 Å². The zero-order chi connectivity index (χ0) is 30.5. The molecule has 3 aromatic carbocycles. The van der Waals surface area contributed by atoms with Crippen molar-refractivity contribution in [2.75, 3.05) is 0 Å². The van der Waals surface area contributed by atoms with Gasteiger partial charge in [-0.15, -0.1) is 0 Å². The SMILES string of the molecule is C[C@@H]1O[C@@H](Oc2c(-c3cc(O)c(O)c(O)c3)oc3cc(O)cc(O)c3c2=O)[C@H](OC(=O)c2ccc(O)cc2)[C@H](O)[C@H]1O. The first-order chi connectivity index (χ1) is 19.8. The predicted molar refractivity (Wildman–Crippen MR) is 141 cm³/mol. The molecule has 220 valence electrons. The van der Waals surface area contributed by atoms with Crippen molar-refractivity contribution in [3.05, 3.63) is 64.3 Å². The van der Waals surface area contributed by atoms with Crippen molar-refractivity contribution in [3.8, 4) is 51.6 Å². The number of aliphatic hydroxyl groups excluding tert-OH is 2. The van der Waals surface area contributed by atoms with Gasteiger partial charge >= 0.3 is 5.97 Å². The molecule has 14 nitrogen and oxygen atoms in total. The maximum absolute atomic E-state index is 13.7. The van der Waals surface area contributed by atoms with Gasteiger partial charge in [0.1, 0.15) is 40.4 Å². The summed E-state index contributed by atoms with van der Waals surface area (Å²) in [5.74, 6) is -6.01. The molecule has 0 saturated carbocycles. The third-order valence-electron chi connectivity index (χ3n) is 6.61. The van der Waals surface area contributed by atoms with E-state index in [4.69, 9.17) is 18.6 Å². The fourth-order valence-electron chi connectivity index (χ4n) is 4.43. The van der Waals surface area contributed by atoms with Crippen molar-refractivity contribution >= 4 is 16.9 Å². The van der Waals surface area contributed by atoms with E-state index in [-0.39, 0.29) is 22.5 Å². The van der Waals surface area contributed by atoms with Crippen LogP contribution in [0.5, 0.6) is 40.2 Å². The lowest BCUT2D eigenvalue weighted by atomic mass is 9.99. The maximum atomic E-state index is 13.7. The molecule has 8 N–H and O–H groups in total. The van der Waals surface area contributed by atoms with Crippen LogP contribution in [0.4, 0.5) is 0 Å². The molecule has 2 heterocycles. The molecule has 5 atom stereocenters. The van der Waals surface area contributed by atoms with E-state index in [1.54, 1.807) is 0 Å². The normalized spacial score (nSPS) is 22.1. The summed E-state index contributed by atoms with van der Waals surface area (Å²) < 4.78 is 22.6. The highest BCUT2D eigenvalue weighted by Crippen LogP contribution is 2.43. The molecule has 1 aromatic heterocycles. The van der Waals surface area contributed by atoms with Crippen LogP contribution in [0.3, 0.4) is 0 Å². The van der Waals surface area contributed by atoms with Gasteiger partial charge in [0.25, 0.3) is 0 Å². The molecule has 0 radical (unpaired) electrons. The Hall–Kier alpha value is -5.18. The van der Waals surface area contributed by atoms with Gasteiger partial charge in [-0.2, -0.15) is 0 Å². The van der Waals surface area contributed by atoms with E-state index in [1.807, 2.05) is 0 Å². The van der Waals surface area contributed by atoms with Gasteiger partial charge in [-0.3, -0.25) is 4.79 Å². The minimum absolute atomic E-state index is 0.0439. The number of phenolic OH excluding ortho intramolecular Hbond substituents is 6. The number of fused-ring (bicyclic) bond motifs is 1. The van der Waals surface area contributed by atoms with E-state index in [1.165, 1.54) is 31.2 Å². The summed E-state index contributed by atoms with van der Waals surface area (Å²) >= 11 is 0. The molecule has 1 saturated heterocycles. The van der Waals surface area contributed by atoms with Crippen LogP contribution >= 0.6 is 0 Å². The lowest BCUT2D eigenvalue weighted by molar-refractivity contribution is -0.267. The summed E-state index contributed by atoms with van der Waals surface area (Å²) in [7, 11) is 0. The molecule has 1 aliphatic heterocycles. The molecule has 1 aliphatic rings. The van der Waals surface area contributed by atoms with Crippen molar-refractivity contribution in [1.82, 2.24) is 0 Å². The lowest BCUT2D eigenvalue weighted by Gasteiger charge is -2.40. The Morgan fingerprint density at radius 3 is 2.12 bits per heavy atom. The Balaban J connectivity index is 1.64. The number of carbonyl (C=O) groups excluding carboxylic acids is 1. The highest BCUT2D eigenvalue weighted by molar-refractivity contribution is 5.90. The van der Waals surface area contributed by atoms with Crippen LogP contribution < -0.4 is 10.2 Å². The number of benzene rings is 3. The van der Waals surface area contributed by atoms with Gasteiger partial charge in [-0.25, -0.2) is 4.79 Å². The van der Waals surface area contributed by atoms with Gasteiger partial charge in [0.15, 0.2) is 29.1 Å². The fourth-order valence-corrected chi connectivity index (χ4v) is 4.43. The van der Waals surface area contributed by atoms with Crippen molar-refractivity contribution in [3.63, 3.8) is 0 Å². The van der Waals surface area contributed by atoms with E-state index in [2.05, 4.69) is 0 Å². The van der Waals surface area contributed by atoms with Crippen molar-refractivity contribution in [2.24, 2.45) is 0 Å². The Morgan fingerprint density at radius 2 is 1.48 bits per heavy atom. The number of carbonyl (C=O) groups is 1. The molecule has 5 rings (SSSR count). The molecule has 0 spiro atoms. The number of aromatic hydroxyl groups is 6. The molecule has 0 bridgehead atoms. The van der Waals surface area contributed by atoms with Crippen LogP contribution in [0, 0.1) is 0 Å². The molecule has 0 unspecified atom stereocenters. The first-order valence-corrected chi connectivity index (χ1v) is 12.3. The molecule has 0 amide bonds. The summed E-state index contributed by atoms with van der Waals surface area (Å²) in [5.41, 5.74) is -1.65. The van der Waals surface area contributed by atoms with Gasteiger partial charge in [-0.05, 0) is 43.3 Å². The standard InChI is InChI=1S/C28H24O14/c1-10-20(34)23(37)26(41-27(38)11-2-4-13(29)5-3-11)28(39-10)42-25-22(36)19-15(31)8-14(30)9-18(19)40-24(25)12-6-16(32)21(35)17(33)7-12/h2-10,20,23,26,28-35,37H,1H3/t10-,20-,23+,26+,28-/m0/s1. The minimum Gasteiger partial charge on any atom is -0.508 e. The summed E-state index contributed by atoms with van der Waals surface area (Å²) in [6.45, 7) is 1.37. The molecule has 42 heavy (non-hydrogen) atoms. The van der Waals surface area contributed by atoms with Gasteiger partial charge < -0.3 is 59.5 Å². The second-order valence-electron chi connectivity index (χ2n) is 9.52. The van der Waals surface area contributed by atoms with Gasteiger partial charge in [-0.1, -0.05) is 0 Å². The van der Waals surface area contributed by atoms with Crippen LogP contribution in [-0.4, -0.2) is 77.5 Å². The maximum Gasteiger partial charge on any atom is 0.338 e. The highest BCUT2D eigenvalue weighted by Gasteiger charge is 2.47. The topological polar surface area (TPSA) is 237 Å². The molecule has 1 fully saturated rings. The molecule has 0 aliphatic carbocycles. The second kappa shape index (κ2) is 10.7. The number of esters is 1. The van der Waals surface area contributed by atoms with E-state index in [0.717, 1.165) is 24.3 Å². The van der Waals surface area contributed by atoms with E-state index in [0.29, 0.717) is 0 Å². The van der Waals surface area contributed by atoms with Crippen molar-refractivity contribution < 1.29 is 64.3 Å². The minimum atomic E-state index is -1.79. The van der Waals surface area contributed by atoms with E-state index < -0.39 is 87.7 Å². The summed E-state index contributed by atoms with van der Waals surface area (Å²) in [6, 6.07) is 8.61. The first kappa shape index (κ1) is 28.4. The number of rotatable bonds is 5. The largest absolute Gasteiger partial charge is 0.508 e. The Kier molecular flexibility index (Phi) is 7.20. The zero-order valence-electron chi connectivity index (χ0n) is 21.5. The Bertz CT molecular complexity index is 1700. The van der Waals surface area contributed by atoms with E-state index in [9.17, 15) is 50.4 Å². The fraction of sp³-hybridized carbons (Fsp3) is 0.214. The van der Waals surface area contributed by atoms with Crippen molar-refractivity contribution in [1.29, 1.82) is 0 Å².